The van der Waals surface area contributed by atoms with Gasteiger partial charge < -0.3 is 4.74 Å². The van der Waals surface area contributed by atoms with E-state index < -0.39 is 4.92 Å². The van der Waals surface area contributed by atoms with Crippen molar-refractivity contribution in [3.63, 3.8) is 0 Å². The van der Waals surface area contributed by atoms with Crippen molar-refractivity contribution in [2.45, 2.75) is 0 Å². The van der Waals surface area contributed by atoms with Gasteiger partial charge in [0.25, 0.3) is 5.69 Å². The van der Waals surface area contributed by atoms with Gasteiger partial charge in [-0.25, -0.2) is 0 Å². The molecule has 0 saturated carbocycles. The fraction of sp³-hybridized carbons (Fsp3) is 0. The van der Waals surface area contributed by atoms with Crippen LogP contribution in [-0.2, 0) is 0 Å². The topological polar surface area (TPSA) is 69.4 Å². The number of ether oxygens (including phenoxy) is 1. The highest BCUT2D eigenvalue weighted by Gasteiger charge is 2.14. The van der Waals surface area contributed by atoms with Crippen molar-refractivity contribution in [2.24, 2.45) is 0 Å². The lowest BCUT2D eigenvalue weighted by Crippen LogP contribution is -1.95. The number of benzene rings is 2. The Morgan fingerprint density at radius 3 is 2.58 bits per heavy atom. The molecule has 2 aromatic carbocycles. The molecule has 0 saturated heterocycles. The van der Waals surface area contributed by atoms with E-state index in [1.165, 1.54) is 18.2 Å². The van der Waals surface area contributed by atoms with Crippen molar-refractivity contribution in [1.82, 2.24) is 0 Å². The van der Waals surface area contributed by atoms with Crippen molar-refractivity contribution in [1.29, 1.82) is 0 Å². The Bertz CT molecular complexity index is 642. The largest absolute Gasteiger partial charge is 0.456 e. The number of hydrogen-bond acceptors (Lipinski definition) is 4. The summed E-state index contributed by atoms with van der Waals surface area (Å²) in [5.41, 5.74) is -0.237. The fourth-order valence-electron chi connectivity index (χ4n) is 1.51. The van der Waals surface area contributed by atoms with E-state index in [0.717, 1.165) is 3.57 Å². The van der Waals surface area contributed by atoms with Gasteiger partial charge in [0.15, 0.2) is 6.29 Å². The van der Waals surface area contributed by atoms with Crippen molar-refractivity contribution in [2.75, 3.05) is 0 Å². The Morgan fingerprint density at radius 2 is 1.95 bits per heavy atom. The van der Waals surface area contributed by atoms with Gasteiger partial charge in [-0.05, 0) is 46.9 Å². The quantitative estimate of drug-likeness (QED) is 0.356. The zero-order valence-electron chi connectivity index (χ0n) is 9.58. The van der Waals surface area contributed by atoms with Crippen LogP contribution >= 0.6 is 22.6 Å². The van der Waals surface area contributed by atoms with Crippen LogP contribution in [0.1, 0.15) is 10.4 Å². The van der Waals surface area contributed by atoms with E-state index in [0.29, 0.717) is 17.8 Å². The Balaban J connectivity index is 2.35. The molecule has 2 rings (SSSR count). The van der Waals surface area contributed by atoms with Gasteiger partial charge in [-0.2, -0.15) is 0 Å². The summed E-state index contributed by atoms with van der Waals surface area (Å²) in [6, 6.07) is 11.4. The Morgan fingerprint density at radius 1 is 1.21 bits per heavy atom. The first kappa shape index (κ1) is 13.5. The van der Waals surface area contributed by atoms with Crippen LogP contribution in [0.2, 0.25) is 0 Å². The lowest BCUT2D eigenvalue weighted by Gasteiger charge is -2.07. The van der Waals surface area contributed by atoms with Crippen molar-refractivity contribution < 1.29 is 14.5 Å². The SMILES string of the molecule is O=Cc1cc(Oc2ccccc2I)ccc1[N+](=O)[O-]. The highest BCUT2D eigenvalue weighted by molar-refractivity contribution is 14.1. The van der Waals surface area contributed by atoms with Gasteiger partial charge in [0.1, 0.15) is 11.5 Å². The summed E-state index contributed by atoms with van der Waals surface area (Å²) in [6.07, 6.45) is 0.445. The monoisotopic (exact) mass is 369 g/mol. The minimum atomic E-state index is -0.597. The number of carbonyl (C=O) groups is 1. The lowest BCUT2D eigenvalue weighted by atomic mass is 10.2. The number of hydrogen-bond donors (Lipinski definition) is 0. The molecular formula is C13H8INO4. The van der Waals surface area contributed by atoms with E-state index in [9.17, 15) is 14.9 Å². The Kier molecular flexibility index (Phi) is 4.10. The molecule has 0 bridgehead atoms. The Hall–Kier alpha value is -1.96. The van der Waals surface area contributed by atoms with Crippen molar-refractivity contribution in [3.05, 3.63) is 61.7 Å². The molecule has 0 amide bonds. The smallest absolute Gasteiger partial charge is 0.280 e. The maximum absolute atomic E-state index is 10.8. The van der Waals surface area contributed by atoms with E-state index in [1.807, 2.05) is 18.2 Å². The van der Waals surface area contributed by atoms with Crippen LogP contribution in [0.15, 0.2) is 42.5 Å². The predicted molar refractivity (Wildman–Crippen MR) is 77.7 cm³/mol. The third-order valence-corrected chi connectivity index (χ3v) is 3.28. The molecule has 0 aromatic heterocycles. The zero-order chi connectivity index (χ0) is 13.8. The van der Waals surface area contributed by atoms with Crippen LogP contribution in [0, 0.1) is 13.7 Å². The van der Waals surface area contributed by atoms with Gasteiger partial charge in [-0.3, -0.25) is 14.9 Å². The highest BCUT2D eigenvalue weighted by atomic mass is 127. The summed E-state index contributed by atoms with van der Waals surface area (Å²) in [6.45, 7) is 0. The highest BCUT2D eigenvalue weighted by Crippen LogP contribution is 2.29. The summed E-state index contributed by atoms with van der Waals surface area (Å²) in [5.74, 6) is 1.02. The number of rotatable bonds is 4. The van der Waals surface area contributed by atoms with Crippen LogP contribution in [0.25, 0.3) is 0 Å². The molecule has 0 aliphatic carbocycles. The molecule has 0 aliphatic rings. The summed E-state index contributed by atoms with van der Waals surface area (Å²) in [5, 5.41) is 10.7. The maximum Gasteiger partial charge on any atom is 0.280 e. The van der Waals surface area contributed by atoms with E-state index >= 15 is 0 Å². The maximum atomic E-state index is 10.8. The minimum Gasteiger partial charge on any atom is -0.456 e. The normalized spacial score (nSPS) is 9.95. The van der Waals surface area contributed by atoms with Crippen molar-refractivity contribution in [3.8, 4) is 11.5 Å². The number of nitrogens with zero attached hydrogens (tertiary/aromatic N) is 1. The third-order valence-electron chi connectivity index (χ3n) is 2.39. The molecule has 0 unspecified atom stereocenters. The third kappa shape index (κ3) is 3.08. The zero-order valence-corrected chi connectivity index (χ0v) is 11.7. The fourth-order valence-corrected chi connectivity index (χ4v) is 2.01. The van der Waals surface area contributed by atoms with Gasteiger partial charge in [0.05, 0.1) is 14.1 Å². The second-order valence-electron chi connectivity index (χ2n) is 3.63. The molecule has 0 N–H and O–H groups in total. The molecule has 5 nitrogen and oxygen atoms in total. The molecule has 96 valence electrons. The second-order valence-corrected chi connectivity index (χ2v) is 4.79. The number of nitro groups is 1. The van der Waals surface area contributed by atoms with E-state index in [1.54, 1.807) is 6.07 Å². The molecule has 0 aliphatic heterocycles. The molecule has 0 spiro atoms. The first-order chi connectivity index (χ1) is 9.11. The molecule has 0 atom stereocenters. The summed E-state index contributed by atoms with van der Waals surface area (Å²) in [4.78, 5) is 21.0. The predicted octanol–water partition coefficient (Wildman–Crippen LogP) is 3.80. The van der Waals surface area contributed by atoms with E-state index in [2.05, 4.69) is 22.6 Å². The number of carbonyl (C=O) groups excluding carboxylic acids is 1. The standard InChI is InChI=1S/C13H8INO4/c14-11-3-1-2-4-13(11)19-10-5-6-12(15(17)18)9(7-10)8-16/h1-8H. The lowest BCUT2D eigenvalue weighted by molar-refractivity contribution is -0.385. The number of aldehydes is 1. The van der Waals surface area contributed by atoms with Crippen LogP contribution in [0.3, 0.4) is 0 Å². The molecule has 0 fully saturated rings. The molecule has 19 heavy (non-hydrogen) atoms. The van der Waals surface area contributed by atoms with Crippen molar-refractivity contribution >= 4 is 34.6 Å². The number of halogens is 1. The van der Waals surface area contributed by atoms with Gasteiger partial charge in [0, 0.05) is 6.07 Å². The number of nitro benzene ring substituents is 1. The first-order valence-corrected chi connectivity index (χ1v) is 6.35. The summed E-state index contributed by atoms with van der Waals surface area (Å²) >= 11 is 2.12. The van der Waals surface area contributed by atoms with Crippen LogP contribution in [0.5, 0.6) is 11.5 Å². The summed E-state index contributed by atoms with van der Waals surface area (Å²) in [7, 11) is 0. The van der Waals surface area contributed by atoms with E-state index in [4.69, 9.17) is 4.74 Å². The minimum absolute atomic E-state index is 0.00607. The molecule has 2 aromatic rings. The second kappa shape index (κ2) is 5.79. The van der Waals surface area contributed by atoms with Gasteiger partial charge in [-0.15, -0.1) is 0 Å². The van der Waals surface area contributed by atoms with Gasteiger partial charge >= 0.3 is 0 Å². The van der Waals surface area contributed by atoms with Gasteiger partial charge in [-0.1, -0.05) is 12.1 Å². The molecule has 6 heteroatoms. The van der Waals surface area contributed by atoms with Gasteiger partial charge in [0.2, 0.25) is 0 Å². The summed E-state index contributed by atoms with van der Waals surface area (Å²) < 4.78 is 6.51. The molecular weight excluding hydrogens is 361 g/mol. The Labute approximate surface area is 122 Å². The molecule has 0 heterocycles. The van der Waals surface area contributed by atoms with E-state index in [-0.39, 0.29) is 11.3 Å². The average Bonchev–Trinajstić information content (AvgIpc) is 2.41. The van der Waals surface area contributed by atoms with Crippen LogP contribution in [-0.4, -0.2) is 11.2 Å². The average molecular weight is 369 g/mol. The van der Waals surface area contributed by atoms with Crippen LogP contribution < -0.4 is 4.74 Å². The molecule has 0 radical (unpaired) electrons. The van der Waals surface area contributed by atoms with Crippen LogP contribution in [0.4, 0.5) is 5.69 Å². The first-order valence-electron chi connectivity index (χ1n) is 5.28. The number of para-hydroxylation sites is 1.